The number of anilines is 2. The first-order chi connectivity index (χ1) is 15.6. The first kappa shape index (κ1) is 22.0. The fourth-order valence-electron chi connectivity index (χ4n) is 3.11. The van der Waals surface area contributed by atoms with Gasteiger partial charge in [-0.25, -0.2) is 14.4 Å². The molecule has 0 radical (unpaired) electrons. The fourth-order valence-corrected chi connectivity index (χ4v) is 3.83. The molecule has 0 atom stereocenters. The Labute approximate surface area is 195 Å². The average molecular weight is 467 g/mol. The Kier molecular flexibility index (Phi) is 7.19. The van der Waals surface area contributed by atoms with Crippen molar-refractivity contribution in [1.82, 2.24) is 15.0 Å². The van der Waals surface area contributed by atoms with E-state index in [0.29, 0.717) is 28.1 Å². The highest BCUT2D eigenvalue weighted by atomic mass is 35.5. The van der Waals surface area contributed by atoms with Crippen LogP contribution in [-0.2, 0) is 12.4 Å². The maximum atomic E-state index is 14.0. The van der Waals surface area contributed by atoms with E-state index in [1.165, 1.54) is 24.0 Å². The second-order valence-electron chi connectivity index (χ2n) is 6.95. The summed E-state index contributed by atoms with van der Waals surface area (Å²) in [5.41, 5.74) is 3.52. The van der Waals surface area contributed by atoms with E-state index in [2.05, 4.69) is 38.7 Å². The molecule has 3 aromatic carbocycles. The number of nitrogens with one attached hydrogen (secondary N) is 1. The highest BCUT2D eigenvalue weighted by Crippen LogP contribution is 2.30. The third-order valence-corrected chi connectivity index (χ3v) is 5.39. The van der Waals surface area contributed by atoms with Gasteiger partial charge in [-0.05, 0) is 53.8 Å². The number of ether oxygens (including phenoxy) is 1. The molecular weight excluding hydrogens is 447 g/mol. The Morgan fingerprint density at radius 2 is 1.84 bits per heavy atom. The topological polar surface area (TPSA) is 59.9 Å². The molecule has 0 bridgehead atoms. The third-order valence-electron chi connectivity index (χ3n) is 4.53. The molecule has 1 N–H and O–H groups in total. The molecule has 0 aliphatic rings. The van der Waals surface area contributed by atoms with E-state index in [9.17, 15) is 4.39 Å². The molecule has 4 aromatic rings. The lowest BCUT2D eigenvalue weighted by Crippen LogP contribution is -2.02. The lowest BCUT2D eigenvalue weighted by atomic mass is 10.1. The van der Waals surface area contributed by atoms with Crippen molar-refractivity contribution < 1.29 is 9.13 Å². The number of rotatable bonds is 8. The van der Waals surface area contributed by atoms with Gasteiger partial charge in [0.05, 0.1) is 5.56 Å². The minimum Gasteiger partial charge on any atom is -0.488 e. The number of thioether (sulfide) groups is 1. The molecule has 0 aliphatic heterocycles. The maximum Gasteiger partial charge on any atom is 0.230 e. The largest absolute Gasteiger partial charge is 0.488 e. The van der Waals surface area contributed by atoms with Crippen molar-refractivity contribution in [3.63, 3.8) is 0 Å². The van der Waals surface area contributed by atoms with Gasteiger partial charge < -0.3 is 10.1 Å². The van der Waals surface area contributed by atoms with Gasteiger partial charge in [-0.1, -0.05) is 35.9 Å². The summed E-state index contributed by atoms with van der Waals surface area (Å²) in [5.74, 6) is 1.61. The zero-order valence-corrected chi connectivity index (χ0v) is 18.8. The number of nitrogens with zero attached hydrogens (tertiary/aromatic N) is 3. The number of halogens is 2. The monoisotopic (exact) mass is 466 g/mol. The smallest absolute Gasteiger partial charge is 0.230 e. The predicted octanol–water partition coefficient (Wildman–Crippen LogP) is 6.52. The molecule has 1 heterocycles. The van der Waals surface area contributed by atoms with Gasteiger partial charge in [-0.15, -0.1) is 0 Å². The molecule has 8 heteroatoms. The number of benzene rings is 3. The zero-order chi connectivity index (χ0) is 22.3. The molecule has 0 amide bonds. The number of aromatic nitrogens is 3. The molecule has 0 aliphatic carbocycles. The van der Waals surface area contributed by atoms with Crippen molar-refractivity contribution in [3.8, 4) is 17.1 Å². The van der Waals surface area contributed by atoms with E-state index < -0.39 is 5.82 Å². The van der Waals surface area contributed by atoms with Crippen LogP contribution in [0, 0.1) is 5.82 Å². The van der Waals surface area contributed by atoms with Gasteiger partial charge in [0.1, 0.15) is 24.5 Å². The Morgan fingerprint density at radius 3 is 2.69 bits per heavy atom. The van der Waals surface area contributed by atoms with Crippen molar-refractivity contribution in [2.45, 2.75) is 12.4 Å². The van der Waals surface area contributed by atoms with Gasteiger partial charge in [0.25, 0.3) is 0 Å². The maximum absolute atomic E-state index is 14.0. The summed E-state index contributed by atoms with van der Waals surface area (Å²) in [4.78, 5) is 13.0. The summed E-state index contributed by atoms with van der Waals surface area (Å²) >= 11 is 7.79. The highest BCUT2D eigenvalue weighted by Gasteiger charge is 2.13. The average Bonchev–Trinajstić information content (AvgIpc) is 2.78. The summed E-state index contributed by atoms with van der Waals surface area (Å²) in [6.45, 7) is 0.232. The van der Waals surface area contributed by atoms with E-state index in [4.69, 9.17) is 16.3 Å². The molecule has 5 nitrogen and oxygen atoms in total. The zero-order valence-electron chi connectivity index (χ0n) is 17.3. The SMILES string of the molecule is CSCc1cccc(Nc2ncnc(-c3ccc(F)cc3OCc3cccc(Cl)c3)n2)c1. The summed E-state index contributed by atoms with van der Waals surface area (Å²) in [7, 11) is 0. The van der Waals surface area contributed by atoms with Crippen LogP contribution in [0.15, 0.2) is 73.1 Å². The molecule has 162 valence electrons. The molecule has 0 unspecified atom stereocenters. The lowest BCUT2D eigenvalue weighted by molar-refractivity contribution is 0.306. The van der Waals surface area contributed by atoms with E-state index in [0.717, 1.165) is 17.0 Å². The normalized spacial score (nSPS) is 10.7. The Bertz CT molecular complexity index is 1220. The van der Waals surface area contributed by atoms with E-state index in [1.807, 2.05) is 24.3 Å². The predicted molar refractivity (Wildman–Crippen MR) is 128 cm³/mol. The molecule has 32 heavy (non-hydrogen) atoms. The van der Waals surface area contributed by atoms with Gasteiger partial charge in [-0.3, -0.25) is 0 Å². The second kappa shape index (κ2) is 10.4. The molecule has 0 saturated heterocycles. The van der Waals surface area contributed by atoms with Crippen LogP contribution in [-0.4, -0.2) is 21.2 Å². The lowest BCUT2D eigenvalue weighted by Gasteiger charge is -2.12. The molecular formula is C24H20ClFN4OS. The quantitative estimate of drug-likeness (QED) is 0.319. The number of hydrogen-bond acceptors (Lipinski definition) is 6. The first-order valence-corrected chi connectivity index (χ1v) is 11.6. The highest BCUT2D eigenvalue weighted by molar-refractivity contribution is 7.97. The van der Waals surface area contributed by atoms with Crippen LogP contribution < -0.4 is 10.1 Å². The second-order valence-corrected chi connectivity index (χ2v) is 8.25. The van der Waals surface area contributed by atoms with Gasteiger partial charge in [0, 0.05) is 22.5 Å². The van der Waals surface area contributed by atoms with Gasteiger partial charge in [-0.2, -0.15) is 16.7 Å². The van der Waals surface area contributed by atoms with Crippen molar-refractivity contribution in [2.75, 3.05) is 11.6 Å². The van der Waals surface area contributed by atoms with Gasteiger partial charge in [0.2, 0.25) is 5.95 Å². The summed E-state index contributed by atoms with van der Waals surface area (Å²) < 4.78 is 19.8. The van der Waals surface area contributed by atoms with Crippen LogP contribution in [0.4, 0.5) is 16.0 Å². The Morgan fingerprint density at radius 1 is 1.00 bits per heavy atom. The van der Waals surface area contributed by atoms with Crippen LogP contribution in [0.1, 0.15) is 11.1 Å². The van der Waals surface area contributed by atoms with Crippen molar-refractivity contribution in [1.29, 1.82) is 0 Å². The fraction of sp³-hybridized carbons (Fsp3) is 0.125. The number of hydrogen-bond donors (Lipinski definition) is 1. The van der Waals surface area contributed by atoms with Gasteiger partial charge >= 0.3 is 0 Å². The minimum atomic E-state index is -0.409. The first-order valence-electron chi connectivity index (χ1n) is 9.82. The van der Waals surface area contributed by atoms with E-state index in [-0.39, 0.29) is 6.61 Å². The van der Waals surface area contributed by atoms with Crippen molar-refractivity contribution >= 4 is 35.0 Å². The van der Waals surface area contributed by atoms with Crippen LogP contribution in [0.3, 0.4) is 0 Å². The molecule has 0 fully saturated rings. The standard InChI is InChI=1S/C24H20ClFN4OS/c1-32-14-17-5-3-7-20(11-17)29-24-28-15-27-23(30-24)21-9-8-19(26)12-22(21)31-13-16-4-2-6-18(25)10-16/h2-12,15H,13-14H2,1H3,(H,27,28,29,30). The van der Waals surface area contributed by atoms with Gasteiger partial charge in [0.15, 0.2) is 5.82 Å². The summed E-state index contributed by atoms with van der Waals surface area (Å²) in [6, 6.07) is 19.6. The molecule has 0 saturated carbocycles. The van der Waals surface area contributed by atoms with Crippen LogP contribution >= 0.6 is 23.4 Å². The van der Waals surface area contributed by atoms with Crippen LogP contribution in [0.25, 0.3) is 11.4 Å². The Balaban J connectivity index is 1.58. The Hall–Kier alpha value is -3.16. The minimum absolute atomic E-state index is 0.232. The van der Waals surface area contributed by atoms with Crippen LogP contribution in [0.2, 0.25) is 5.02 Å². The van der Waals surface area contributed by atoms with Crippen molar-refractivity contribution in [3.05, 3.63) is 95.0 Å². The van der Waals surface area contributed by atoms with Crippen LogP contribution in [0.5, 0.6) is 5.75 Å². The molecule has 1 aromatic heterocycles. The third kappa shape index (κ3) is 5.75. The molecule has 0 spiro atoms. The molecule has 4 rings (SSSR count). The van der Waals surface area contributed by atoms with Crippen molar-refractivity contribution in [2.24, 2.45) is 0 Å². The van der Waals surface area contributed by atoms with E-state index in [1.54, 1.807) is 30.0 Å². The summed E-state index contributed by atoms with van der Waals surface area (Å²) in [5, 5.41) is 3.82. The summed E-state index contributed by atoms with van der Waals surface area (Å²) in [6.07, 6.45) is 3.48. The van der Waals surface area contributed by atoms with E-state index >= 15 is 0 Å².